The van der Waals surface area contributed by atoms with Crippen LogP contribution in [0.4, 0.5) is 5.69 Å². The molecular weight excluding hydrogens is 312 g/mol. The first-order valence-electron chi connectivity index (χ1n) is 7.97. The summed E-state index contributed by atoms with van der Waals surface area (Å²) in [7, 11) is -0.892. The number of hydrogen-bond donors (Lipinski definition) is 0. The number of hydrogen-bond acceptors (Lipinski definition) is 3. The van der Waals surface area contributed by atoms with Gasteiger partial charge in [0.2, 0.25) is 5.91 Å². The van der Waals surface area contributed by atoms with Crippen LogP contribution >= 0.6 is 0 Å². The van der Waals surface area contributed by atoms with E-state index in [2.05, 4.69) is 0 Å². The lowest BCUT2D eigenvalue weighted by atomic mass is 10.1. The van der Waals surface area contributed by atoms with Gasteiger partial charge in [-0.2, -0.15) is 0 Å². The third-order valence-corrected chi connectivity index (χ3v) is 6.44. The molecule has 124 valence electrons. The highest BCUT2D eigenvalue weighted by Crippen LogP contribution is 2.24. The second-order valence-electron chi connectivity index (χ2n) is 6.73. The number of carbonyl (C=O) groups is 2. The molecule has 2 aliphatic heterocycles. The van der Waals surface area contributed by atoms with Crippen molar-refractivity contribution >= 4 is 28.3 Å². The first-order chi connectivity index (χ1) is 10.9. The average molecular weight is 334 g/mol. The van der Waals surface area contributed by atoms with Crippen molar-refractivity contribution in [3.8, 4) is 0 Å². The van der Waals surface area contributed by atoms with E-state index in [0.29, 0.717) is 30.8 Å². The molecule has 0 N–H and O–H groups in total. The summed E-state index contributed by atoms with van der Waals surface area (Å²) in [6.07, 6.45) is 1.49. The molecule has 0 saturated carbocycles. The molecule has 1 aromatic carbocycles. The average Bonchev–Trinajstić information content (AvgIpc) is 2.95. The van der Waals surface area contributed by atoms with Gasteiger partial charge in [-0.1, -0.05) is 0 Å². The smallest absolute Gasteiger partial charge is 0.253 e. The highest BCUT2D eigenvalue weighted by molar-refractivity contribution is 7.86. The maximum absolute atomic E-state index is 12.6. The lowest BCUT2D eigenvalue weighted by Crippen LogP contribution is -2.52. The van der Waals surface area contributed by atoms with E-state index in [1.54, 1.807) is 21.9 Å². The van der Waals surface area contributed by atoms with Crippen LogP contribution in [0.15, 0.2) is 24.3 Å². The SMILES string of the molecule is CC1(C)CN(C(=O)c2ccc(N3CCCC3=O)cc2)CC[S@@]1=O. The fourth-order valence-electron chi connectivity index (χ4n) is 3.14. The maximum atomic E-state index is 12.6. The van der Waals surface area contributed by atoms with Gasteiger partial charge in [0.15, 0.2) is 0 Å². The molecule has 0 aromatic heterocycles. The number of benzene rings is 1. The molecule has 0 unspecified atom stereocenters. The minimum absolute atomic E-state index is 0.0333. The molecule has 1 atom stereocenters. The lowest BCUT2D eigenvalue weighted by molar-refractivity contribution is -0.117. The third-order valence-electron chi connectivity index (χ3n) is 4.52. The Labute approximate surface area is 139 Å². The van der Waals surface area contributed by atoms with E-state index in [1.807, 2.05) is 26.0 Å². The van der Waals surface area contributed by atoms with Crippen molar-refractivity contribution in [3.05, 3.63) is 29.8 Å². The Balaban J connectivity index is 1.73. The Morgan fingerprint density at radius 3 is 2.43 bits per heavy atom. The van der Waals surface area contributed by atoms with E-state index in [9.17, 15) is 13.8 Å². The van der Waals surface area contributed by atoms with Gasteiger partial charge >= 0.3 is 0 Å². The molecule has 23 heavy (non-hydrogen) atoms. The highest BCUT2D eigenvalue weighted by Gasteiger charge is 2.35. The standard InChI is InChI=1S/C17H22N2O3S/c1-17(2)12-18(10-11-23(17)22)16(21)13-5-7-14(8-6-13)19-9-3-4-15(19)20/h5-8H,3-4,9-12H2,1-2H3/t23-/m0/s1. The summed E-state index contributed by atoms with van der Waals surface area (Å²) in [5.74, 6) is 0.637. The zero-order valence-electron chi connectivity index (χ0n) is 13.6. The molecular formula is C17H22N2O3S. The van der Waals surface area contributed by atoms with E-state index < -0.39 is 10.8 Å². The van der Waals surface area contributed by atoms with Crippen LogP contribution in [0.5, 0.6) is 0 Å². The van der Waals surface area contributed by atoms with Crippen molar-refractivity contribution in [1.29, 1.82) is 0 Å². The van der Waals surface area contributed by atoms with Gasteiger partial charge in [-0.15, -0.1) is 0 Å². The summed E-state index contributed by atoms with van der Waals surface area (Å²) >= 11 is 0. The predicted molar refractivity (Wildman–Crippen MR) is 91.0 cm³/mol. The molecule has 0 spiro atoms. The molecule has 0 aliphatic carbocycles. The quantitative estimate of drug-likeness (QED) is 0.829. The number of carbonyl (C=O) groups excluding carboxylic acids is 2. The minimum Gasteiger partial charge on any atom is -0.336 e. The maximum Gasteiger partial charge on any atom is 0.253 e. The summed E-state index contributed by atoms with van der Waals surface area (Å²) in [5, 5.41) is 0. The van der Waals surface area contributed by atoms with Gasteiger partial charge in [-0.3, -0.25) is 13.8 Å². The molecule has 0 bridgehead atoms. The van der Waals surface area contributed by atoms with Crippen molar-refractivity contribution in [1.82, 2.24) is 4.90 Å². The van der Waals surface area contributed by atoms with Crippen LogP contribution in [0.25, 0.3) is 0 Å². The Hall–Kier alpha value is -1.69. The van der Waals surface area contributed by atoms with Gasteiger partial charge < -0.3 is 9.80 Å². The van der Waals surface area contributed by atoms with Crippen LogP contribution in [0.3, 0.4) is 0 Å². The monoisotopic (exact) mass is 334 g/mol. The van der Waals surface area contributed by atoms with Crippen LogP contribution in [-0.4, -0.2) is 51.1 Å². The van der Waals surface area contributed by atoms with Crippen molar-refractivity contribution in [2.45, 2.75) is 31.4 Å². The Kier molecular flexibility index (Phi) is 4.27. The van der Waals surface area contributed by atoms with Crippen molar-refractivity contribution < 1.29 is 13.8 Å². The Morgan fingerprint density at radius 1 is 1.17 bits per heavy atom. The summed E-state index contributed by atoms with van der Waals surface area (Å²) in [6.45, 7) is 5.65. The lowest BCUT2D eigenvalue weighted by Gasteiger charge is -2.37. The van der Waals surface area contributed by atoms with Crippen molar-refractivity contribution in [3.63, 3.8) is 0 Å². The largest absolute Gasteiger partial charge is 0.336 e. The van der Waals surface area contributed by atoms with E-state index in [-0.39, 0.29) is 16.6 Å². The van der Waals surface area contributed by atoms with E-state index in [1.165, 1.54) is 0 Å². The molecule has 2 saturated heterocycles. The van der Waals surface area contributed by atoms with Crippen LogP contribution in [0, 0.1) is 0 Å². The fraction of sp³-hybridized carbons (Fsp3) is 0.529. The minimum atomic E-state index is -0.892. The number of nitrogens with zero attached hydrogens (tertiary/aromatic N) is 2. The van der Waals surface area contributed by atoms with Gasteiger partial charge in [0.25, 0.3) is 5.91 Å². The molecule has 3 rings (SSSR count). The van der Waals surface area contributed by atoms with Crippen molar-refractivity contribution in [2.24, 2.45) is 0 Å². The van der Waals surface area contributed by atoms with Gasteiger partial charge in [0, 0.05) is 53.9 Å². The zero-order chi connectivity index (χ0) is 16.6. The Bertz CT molecular complexity index is 654. The van der Waals surface area contributed by atoms with Gasteiger partial charge in [0.05, 0.1) is 4.75 Å². The van der Waals surface area contributed by atoms with E-state index in [4.69, 9.17) is 0 Å². The van der Waals surface area contributed by atoms with Gasteiger partial charge in [-0.25, -0.2) is 0 Å². The summed E-state index contributed by atoms with van der Waals surface area (Å²) in [4.78, 5) is 27.9. The summed E-state index contributed by atoms with van der Waals surface area (Å²) < 4.78 is 11.6. The zero-order valence-corrected chi connectivity index (χ0v) is 14.4. The van der Waals surface area contributed by atoms with Gasteiger partial charge in [-0.05, 0) is 44.5 Å². The normalized spacial score (nSPS) is 24.1. The van der Waals surface area contributed by atoms with Crippen LogP contribution in [-0.2, 0) is 15.6 Å². The molecule has 1 aromatic rings. The molecule has 5 nitrogen and oxygen atoms in total. The summed E-state index contributed by atoms with van der Waals surface area (Å²) in [6, 6.07) is 7.23. The van der Waals surface area contributed by atoms with Gasteiger partial charge in [0.1, 0.15) is 0 Å². The first-order valence-corrected chi connectivity index (χ1v) is 9.28. The van der Waals surface area contributed by atoms with Crippen LogP contribution in [0.2, 0.25) is 0 Å². The number of amides is 2. The second-order valence-corrected chi connectivity index (χ2v) is 8.94. The molecule has 6 heteroatoms. The topological polar surface area (TPSA) is 57.7 Å². The molecule has 2 fully saturated rings. The number of rotatable bonds is 2. The van der Waals surface area contributed by atoms with Crippen LogP contribution < -0.4 is 4.90 Å². The molecule has 2 amide bonds. The highest BCUT2D eigenvalue weighted by atomic mass is 32.2. The summed E-state index contributed by atoms with van der Waals surface area (Å²) in [5.41, 5.74) is 1.47. The second kappa shape index (κ2) is 6.07. The van der Waals surface area contributed by atoms with Crippen molar-refractivity contribution in [2.75, 3.05) is 30.3 Å². The fourth-order valence-corrected chi connectivity index (χ4v) is 4.38. The van der Waals surface area contributed by atoms with Crippen LogP contribution in [0.1, 0.15) is 37.0 Å². The number of anilines is 1. The molecule has 2 aliphatic rings. The first kappa shape index (κ1) is 16.2. The van der Waals surface area contributed by atoms with E-state index >= 15 is 0 Å². The molecule has 0 radical (unpaired) electrons. The Morgan fingerprint density at radius 2 is 1.87 bits per heavy atom. The third kappa shape index (κ3) is 3.17. The molecule has 2 heterocycles. The predicted octanol–water partition coefficient (Wildman–Crippen LogP) is 1.80. The van der Waals surface area contributed by atoms with E-state index in [0.717, 1.165) is 18.7 Å².